The molecule has 0 saturated carbocycles. The largest absolute Gasteiger partial charge is 0.473 e. The van der Waals surface area contributed by atoms with Gasteiger partial charge in [0.25, 0.3) is 0 Å². The lowest BCUT2D eigenvalue weighted by atomic mass is 10.0. The first kappa shape index (κ1) is 20.2. The van der Waals surface area contributed by atoms with Gasteiger partial charge in [0.05, 0.1) is 0 Å². The van der Waals surface area contributed by atoms with Gasteiger partial charge in [-0.15, -0.1) is 0 Å². The minimum atomic E-state index is 0.443. The van der Waals surface area contributed by atoms with Crippen LogP contribution in [0, 0.1) is 6.92 Å². The number of aryl methyl sites for hydroxylation is 1. The third-order valence-electron chi connectivity index (χ3n) is 4.75. The SMILES string of the molecule is Cc1cc(-c2ccc(OCc3ccccc3)nc2OCc2ccccc2)ccc1Br. The van der Waals surface area contributed by atoms with Crippen LogP contribution < -0.4 is 9.47 Å². The fourth-order valence-electron chi connectivity index (χ4n) is 3.10. The maximum atomic E-state index is 6.14. The monoisotopic (exact) mass is 459 g/mol. The first-order chi connectivity index (χ1) is 14.7. The van der Waals surface area contributed by atoms with E-state index in [1.54, 1.807) is 0 Å². The van der Waals surface area contributed by atoms with Crippen LogP contribution in [0.5, 0.6) is 11.8 Å². The molecule has 3 aromatic carbocycles. The molecule has 0 radical (unpaired) electrons. The lowest BCUT2D eigenvalue weighted by Crippen LogP contribution is -2.02. The maximum absolute atomic E-state index is 6.14. The van der Waals surface area contributed by atoms with Crippen LogP contribution in [0.1, 0.15) is 16.7 Å². The van der Waals surface area contributed by atoms with E-state index in [9.17, 15) is 0 Å². The van der Waals surface area contributed by atoms with Crippen molar-refractivity contribution in [2.45, 2.75) is 20.1 Å². The average molecular weight is 460 g/mol. The summed E-state index contributed by atoms with van der Waals surface area (Å²) >= 11 is 3.57. The molecule has 150 valence electrons. The van der Waals surface area contributed by atoms with Gasteiger partial charge < -0.3 is 9.47 Å². The van der Waals surface area contributed by atoms with Crippen LogP contribution in [0.2, 0.25) is 0 Å². The van der Waals surface area contributed by atoms with E-state index in [1.165, 1.54) is 0 Å². The molecule has 3 nitrogen and oxygen atoms in total. The van der Waals surface area contributed by atoms with Crippen molar-refractivity contribution in [3.8, 4) is 22.9 Å². The molecule has 1 aromatic heterocycles. The van der Waals surface area contributed by atoms with Gasteiger partial charge >= 0.3 is 0 Å². The predicted molar refractivity (Wildman–Crippen MR) is 124 cm³/mol. The zero-order valence-electron chi connectivity index (χ0n) is 16.7. The van der Waals surface area contributed by atoms with Gasteiger partial charge in [0.2, 0.25) is 11.8 Å². The summed E-state index contributed by atoms with van der Waals surface area (Å²) in [4.78, 5) is 4.68. The maximum Gasteiger partial charge on any atom is 0.225 e. The van der Waals surface area contributed by atoms with Gasteiger partial charge in [-0.25, -0.2) is 0 Å². The number of benzene rings is 3. The normalized spacial score (nSPS) is 10.6. The molecular weight excluding hydrogens is 438 g/mol. The Morgan fingerprint density at radius 2 is 1.37 bits per heavy atom. The third-order valence-corrected chi connectivity index (χ3v) is 5.64. The number of nitrogens with zero attached hydrogens (tertiary/aromatic N) is 1. The summed E-state index contributed by atoms with van der Waals surface area (Å²) in [6.07, 6.45) is 0. The Morgan fingerprint density at radius 3 is 2.00 bits per heavy atom. The second-order valence-electron chi connectivity index (χ2n) is 7.01. The summed E-state index contributed by atoms with van der Waals surface area (Å²) in [5.41, 5.74) is 5.34. The molecule has 0 spiro atoms. The number of pyridine rings is 1. The molecule has 0 bridgehead atoms. The van der Waals surface area contributed by atoms with E-state index in [2.05, 4.69) is 40.0 Å². The second kappa shape index (κ2) is 9.59. The Morgan fingerprint density at radius 1 is 0.733 bits per heavy atom. The first-order valence-electron chi connectivity index (χ1n) is 9.80. The molecule has 0 amide bonds. The van der Waals surface area contributed by atoms with Crippen LogP contribution in [0.15, 0.2) is 95.5 Å². The van der Waals surface area contributed by atoms with Crippen LogP contribution in [0.3, 0.4) is 0 Å². The molecule has 0 unspecified atom stereocenters. The standard InChI is InChI=1S/C26H22BrNO2/c1-19-16-22(12-14-24(19)27)23-13-15-25(29-17-20-8-4-2-5-9-20)28-26(23)30-18-21-10-6-3-7-11-21/h2-16H,17-18H2,1H3. The fourth-order valence-corrected chi connectivity index (χ4v) is 3.35. The molecule has 0 aliphatic rings. The summed E-state index contributed by atoms with van der Waals surface area (Å²) in [5.74, 6) is 1.10. The quantitative estimate of drug-likeness (QED) is 0.298. The van der Waals surface area contributed by atoms with Crippen molar-refractivity contribution in [2.24, 2.45) is 0 Å². The smallest absolute Gasteiger partial charge is 0.225 e. The van der Waals surface area contributed by atoms with Crippen LogP contribution in [-0.4, -0.2) is 4.98 Å². The molecule has 4 aromatic rings. The van der Waals surface area contributed by atoms with E-state index in [4.69, 9.17) is 9.47 Å². The van der Waals surface area contributed by atoms with Gasteiger partial charge in [-0.2, -0.15) is 4.98 Å². The molecular formula is C26H22BrNO2. The topological polar surface area (TPSA) is 31.4 Å². The Labute approximate surface area is 185 Å². The summed E-state index contributed by atoms with van der Waals surface area (Å²) in [6, 6.07) is 30.3. The van der Waals surface area contributed by atoms with Gasteiger partial charge in [0.15, 0.2) is 0 Å². The molecule has 0 fully saturated rings. The molecule has 4 heteroatoms. The number of ether oxygens (including phenoxy) is 2. The molecule has 30 heavy (non-hydrogen) atoms. The van der Waals surface area contributed by atoms with Crippen molar-refractivity contribution in [1.82, 2.24) is 4.98 Å². The fraction of sp³-hybridized carbons (Fsp3) is 0.115. The van der Waals surface area contributed by atoms with Gasteiger partial charge in [-0.3, -0.25) is 0 Å². The molecule has 0 saturated heterocycles. The summed E-state index contributed by atoms with van der Waals surface area (Å²) in [5, 5.41) is 0. The first-order valence-corrected chi connectivity index (χ1v) is 10.6. The lowest BCUT2D eigenvalue weighted by Gasteiger charge is -2.14. The van der Waals surface area contributed by atoms with E-state index in [0.717, 1.165) is 32.3 Å². The lowest BCUT2D eigenvalue weighted by molar-refractivity contribution is 0.268. The van der Waals surface area contributed by atoms with E-state index < -0.39 is 0 Å². The highest BCUT2D eigenvalue weighted by molar-refractivity contribution is 9.10. The minimum Gasteiger partial charge on any atom is -0.473 e. The van der Waals surface area contributed by atoms with E-state index in [-0.39, 0.29) is 0 Å². The van der Waals surface area contributed by atoms with Gasteiger partial charge in [0, 0.05) is 16.1 Å². The summed E-state index contributed by atoms with van der Waals surface area (Å²) in [7, 11) is 0. The van der Waals surface area contributed by atoms with Crippen molar-refractivity contribution in [3.05, 3.63) is 112 Å². The van der Waals surface area contributed by atoms with Gasteiger partial charge in [-0.1, -0.05) is 88.7 Å². The van der Waals surface area contributed by atoms with E-state index in [0.29, 0.717) is 25.0 Å². The molecule has 4 rings (SSSR count). The number of hydrogen-bond acceptors (Lipinski definition) is 3. The summed E-state index contributed by atoms with van der Waals surface area (Å²) < 4.78 is 13.1. The highest BCUT2D eigenvalue weighted by atomic mass is 79.9. The van der Waals surface area contributed by atoms with Crippen LogP contribution in [0.25, 0.3) is 11.1 Å². The highest BCUT2D eigenvalue weighted by Crippen LogP contribution is 2.33. The Kier molecular flexibility index (Phi) is 6.45. The zero-order valence-corrected chi connectivity index (χ0v) is 18.3. The van der Waals surface area contributed by atoms with Crippen LogP contribution >= 0.6 is 15.9 Å². The summed E-state index contributed by atoms with van der Waals surface area (Å²) in [6.45, 7) is 2.98. The van der Waals surface area contributed by atoms with Crippen molar-refractivity contribution in [3.63, 3.8) is 0 Å². The predicted octanol–water partition coefficient (Wildman–Crippen LogP) is 6.98. The minimum absolute atomic E-state index is 0.443. The zero-order chi connectivity index (χ0) is 20.8. The second-order valence-corrected chi connectivity index (χ2v) is 7.87. The van der Waals surface area contributed by atoms with Gasteiger partial charge in [-0.05, 0) is 41.3 Å². The molecule has 0 aliphatic heterocycles. The van der Waals surface area contributed by atoms with Gasteiger partial charge in [0.1, 0.15) is 13.2 Å². The molecule has 1 heterocycles. The number of hydrogen-bond donors (Lipinski definition) is 0. The molecule has 0 atom stereocenters. The Hall–Kier alpha value is -3.11. The van der Waals surface area contributed by atoms with Crippen molar-refractivity contribution in [2.75, 3.05) is 0 Å². The van der Waals surface area contributed by atoms with Crippen molar-refractivity contribution in [1.29, 1.82) is 0 Å². The molecule has 0 aliphatic carbocycles. The van der Waals surface area contributed by atoms with Crippen LogP contribution in [-0.2, 0) is 13.2 Å². The van der Waals surface area contributed by atoms with Crippen molar-refractivity contribution >= 4 is 15.9 Å². The number of rotatable bonds is 7. The van der Waals surface area contributed by atoms with Crippen LogP contribution in [0.4, 0.5) is 0 Å². The number of halogens is 1. The highest BCUT2D eigenvalue weighted by Gasteiger charge is 2.12. The van der Waals surface area contributed by atoms with E-state index in [1.807, 2.05) is 78.9 Å². The third kappa shape index (κ3) is 5.08. The van der Waals surface area contributed by atoms with Crippen molar-refractivity contribution < 1.29 is 9.47 Å². The Bertz CT molecular complexity index is 1110. The average Bonchev–Trinajstić information content (AvgIpc) is 2.79. The van der Waals surface area contributed by atoms with E-state index >= 15 is 0 Å². The Balaban J connectivity index is 1.61. The molecule has 0 N–H and O–H groups in total. The number of aromatic nitrogens is 1.